The van der Waals surface area contributed by atoms with Gasteiger partial charge in [0, 0.05) is 36.7 Å². The maximum atomic E-state index is 14.0. The number of carbonyl (C=O) groups is 3. The molecule has 0 unspecified atom stereocenters. The van der Waals surface area contributed by atoms with Gasteiger partial charge in [-0.3, -0.25) is 19.3 Å². The summed E-state index contributed by atoms with van der Waals surface area (Å²) in [5.74, 6) is -0.813. The first-order valence-electron chi connectivity index (χ1n) is 14.0. The van der Waals surface area contributed by atoms with Gasteiger partial charge < -0.3 is 24.6 Å². The number of aliphatic hydroxyl groups excluding tert-OH is 1. The highest BCUT2D eigenvalue weighted by molar-refractivity contribution is 6.15. The third-order valence-electron chi connectivity index (χ3n) is 7.78. The van der Waals surface area contributed by atoms with Crippen LogP contribution in [0, 0.1) is 5.92 Å². The molecule has 9 nitrogen and oxygen atoms in total. The molecule has 5 rings (SSSR count). The van der Waals surface area contributed by atoms with Gasteiger partial charge in [-0.2, -0.15) is 0 Å². The number of rotatable bonds is 10. The largest absolute Gasteiger partial charge is 0.469 e. The third-order valence-corrected chi connectivity index (χ3v) is 7.78. The molecule has 3 aromatic carbocycles. The summed E-state index contributed by atoms with van der Waals surface area (Å²) in [7, 11) is 1.34. The van der Waals surface area contributed by atoms with Gasteiger partial charge in [-0.1, -0.05) is 43.3 Å². The highest BCUT2D eigenvalue weighted by atomic mass is 16.5. The van der Waals surface area contributed by atoms with Crippen molar-refractivity contribution in [1.82, 2.24) is 0 Å². The third kappa shape index (κ3) is 5.17. The Bertz CT molecular complexity index is 1530. The van der Waals surface area contributed by atoms with Crippen LogP contribution in [0.5, 0.6) is 11.5 Å². The lowest BCUT2D eigenvalue weighted by Gasteiger charge is -2.28. The Morgan fingerprint density at radius 2 is 1.76 bits per heavy atom. The number of carbonyl (C=O) groups excluding carboxylic acids is 3. The minimum Gasteiger partial charge on any atom is -0.469 e. The van der Waals surface area contributed by atoms with Gasteiger partial charge in [-0.05, 0) is 61.7 Å². The number of methoxy groups -OCH3 is 1. The van der Waals surface area contributed by atoms with Gasteiger partial charge in [-0.15, -0.1) is 0 Å². The standard InChI is InChI=1S/C33H34N2O7/c1-22(11-8-10-20-36)33(40)25-21-23(17-18-26(25)34(32(33)39)19-9-7-16-30(37)41-2)35-27-13-4-6-15-29(27)42-28-14-5-3-12-24(28)31(35)38/h3-6,8,11-15,17-18,21-22,36,40H,7,9-10,16,19-20H2,1-2H3/b11-8+/t22-,33+/m0/s1. The molecule has 2 N–H and O–H groups in total. The number of unbranched alkanes of at least 4 members (excludes halogenated alkanes) is 1. The molecule has 0 saturated carbocycles. The maximum absolute atomic E-state index is 14.0. The predicted octanol–water partition coefficient (Wildman–Crippen LogP) is 5.22. The first kappa shape index (κ1) is 29.0. The Balaban J connectivity index is 1.59. The minimum absolute atomic E-state index is 0.0529. The number of benzene rings is 3. The van der Waals surface area contributed by atoms with E-state index in [1.165, 1.54) is 12.0 Å². The van der Waals surface area contributed by atoms with Crippen molar-refractivity contribution < 1.29 is 34.1 Å². The number of fused-ring (bicyclic) bond motifs is 3. The van der Waals surface area contributed by atoms with E-state index >= 15 is 0 Å². The Morgan fingerprint density at radius 1 is 1.02 bits per heavy atom. The smallest absolute Gasteiger partial charge is 0.305 e. The molecule has 2 heterocycles. The van der Waals surface area contributed by atoms with E-state index in [2.05, 4.69) is 0 Å². The molecule has 2 atom stereocenters. The van der Waals surface area contributed by atoms with Crippen LogP contribution in [0.15, 0.2) is 78.9 Å². The zero-order chi connectivity index (χ0) is 29.9. The Hall–Kier alpha value is -4.47. The van der Waals surface area contributed by atoms with Gasteiger partial charge in [0.2, 0.25) is 0 Å². The fraction of sp³-hybridized carbons (Fsp3) is 0.303. The molecule has 0 spiro atoms. The number of amides is 2. The first-order chi connectivity index (χ1) is 20.3. The fourth-order valence-corrected chi connectivity index (χ4v) is 5.52. The molecule has 42 heavy (non-hydrogen) atoms. The number of hydrogen-bond donors (Lipinski definition) is 2. The monoisotopic (exact) mass is 570 g/mol. The zero-order valence-corrected chi connectivity index (χ0v) is 23.7. The lowest BCUT2D eigenvalue weighted by atomic mass is 9.82. The van der Waals surface area contributed by atoms with Crippen LogP contribution in [-0.4, -0.2) is 48.3 Å². The highest BCUT2D eigenvalue weighted by Crippen LogP contribution is 2.49. The first-order valence-corrected chi connectivity index (χ1v) is 14.0. The highest BCUT2D eigenvalue weighted by Gasteiger charge is 2.52. The van der Waals surface area contributed by atoms with Crippen LogP contribution in [0.3, 0.4) is 0 Å². The van der Waals surface area contributed by atoms with Crippen LogP contribution < -0.4 is 14.5 Å². The molecular weight excluding hydrogens is 536 g/mol. The molecular formula is C33H34N2O7. The van der Waals surface area contributed by atoms with E-state index in [0.29, 0.717) is 65.5 Å². The molecule has 218 valence electrons. The SMILES string of the molecule is COC(=O)CCCCN1C(=O)[C@@](O)([C@@H](C)/C=C/CCO)c2cc(N3C(=O)c4ccccc4Oc4ccccc43)ccc21. The Morgan fingerprint density at radius 3 is 2.52 bits per heavy atom. The number of anilines is 3. The van der Waals surface area contributed by atoms with Crippen LogP contribution in [0.2, 0.25) is 0 Å². The number of esters is 1. The molecule has 2 aliphatic heterocycles. The van der Waals surface area contributed by atoms with Crippen LogP contribution in [0.4, 0.5) is 17.1 Å². The van der Waals surface area contributed by atoms with Crippen molar-refractivity contribution in [2.24, 2.45) is 5.92 Å². The Kier molecular flexibility index (Phi) is 8.42. The van der Waals surface area contributed by atoms with Gasteiger partial charge in [0.05, 0.1) is 24.0 Å². The van der Waals surface area contributed by atoms with E-state index in [9.17, 15) is 24.6 Å². The molecule has 0 bridgehead atoms. The summed E-state index contributed by atoms with van der Waals surface area (Å²) in [5.41, 5.74) is 0.386. The molecule has 0 aliphatic carbocycles. The number of hydrogen-bond acceptors (Lipinski definition) is 7. The Labute approximate surface area is 244 Å². The summed E-state index contributed by atoms with van der Waals surface area (Å²) >= 11 is 0. The fourth-order valence-electron chi connectivity index (χ4n) is 5.52. The van der Waals surface area contributed by atoms with Crippen molar-refractivity contribution in [3.8, 4) is 11.5 Å². The van der Waals surface area contributed by atoms with Gasteiger partial charge in [0.1, 0.15) is 5.75 Å². The van der Waals surface area contributed by atoms with E-state index < -0.39 is 17.4 Å². The van der Waals surface area contributed by atoms with E-state index in [1.807, 2.05) is 12.1 Å². The van der Waals surface area contributed by atoms with Crippen molar-refractivity contribution >= 4 is 34.8 Å². The molecule has 9 heteroatoms. The molecule has 3 aromatic rings. The lowest BCUT2D eigenvalue weighted by Crippen LogP contribution is -2.44. The quantitative estimate of drug-likeness (QED) is 0.195. The zero-order valence-electron chi connectivity index (χ0n) is 23.7. The van der Waals surface area contributed by atoms with Gasteiger partial charge in [0.15, 0.2) is 11.4 Å². The summed E-state index contributed by atoms with van der Waals surface area (Å²) in [4.78, 5) is 42.6. The topological polar surface area (TPSA) is 117 Å². The van der Waals surface area contributed by atoms with Crippen LogP contribution in [0.1, 0.15) is 48.5 Å². The molecule has 2 aliphatic rings. The van der Waals surface area contributed by atoms with Gasteiger partial charge in [0.25, 0.3) is 11.8 Å². The summed E-state index contributed by atoms with van der Waals surface area (Å²) in [5, 5.41) is 21.4. The average molecular weight is 571 g/mol. The van der Waals surface area contributed by atoms with Crippen LogP contribution in [-0.2, 0) is 19.9 Å². The van der Waals surface area contributed by atoms with Crippen LogP contribution in [0.25, 0.3) is 0 Å². The molecule has 0 fully saturated rings. The van der Waals surface area contributed by atoms with E-state index in [1.54, 1.807) is 78.6 Å². The van der Waals surface area contributed by atoms with Crippen molar-refractivity contribution in [3.05, 3.63) is 90.0 Å². The van der Waals surface area contributed by atoms with Crippen molar-refractivity contribution in [1.29, 1.82) is 0 Å². The number of ether oxygens (including phenoxy) is 2. The van der Waals surface area contributed by atoms with E-state index in [0.717, 1.165) is 0 Å². The molecule has 0 saturated heterocycles. The van der Waals surface area contributed by atoms with Gasteiger partial charge in [-0.25, -0.2) is 0 Å². The summed E-state index contributed by atoms with van der Waals surface area (Å²) < 4.78 is 10.8. The van der Waals surface area contributed by atoms with Gasteiger partial charge >= 0.3 is 5.97 Å². The second-order valence-electron chi connectivity index (χ2n) is 10.4. The summed E-state index contributed by atoms with van der Waals surface area (Å²) in [6.45, 7) is 1.99. The molecule has 0 radical (unpaired) electrons. The summed E-state index contributed by atoms with van der Waals surface area (Å²) in [6, 6.07) is 19.4. The summed E-state index contributed by atoms with van der Waals surface area (Å²) in [6.07, 6.45) is 5.13. The lowest BCUT2D eigenvalue weighted by molar-refractivity contribution is -0.140. The normalized spacial score (nSPS) is 18.3. The number of aliphatic hydroxyl groups is 2. The number of nitrogens with zero attached hydrogens (tertiary/aromatic N) is 2. The van der Waals surface area contributed by atoms with Crippen LogP contribution >= 0.6 is 0 Å². The molecule has 0 aromatic heterocycles. The number of para-hydroxylation sites is 3. The average Bonchev–Trinajstić information content (AvgIpc) is 3.13. The second-order valence-corrected chi connectivity index (χ2v) is 10.4. The van der Waals surface area contributed by atoms with Crippen molar-refractivity contribution in [2.75, 3.05) is 30.1 Å². The minimum atomic E-state index is -1.91. The predicted molar refractivity (Wildman–Crippen MR) is 158 cm³/mol. The maximum Gasteiger partial charge on any atom is 0.305 e. The van der Waals surface area contributed by atoms with Crippen molar-refractivity contribution in [2.45, 2.75) is 38.2 Å². The van der Waals surface area contributed by atoms with E-state index in [-0.39, 0.29) is 24.9 Å². The second kappa shape index (κ2) is 12.2. The van der Waals surface area contributed by atoms with E-state index in [4.69, 9.17) is 9.47 Å². The molecule has 2 amide bonds. The van der Waals surface area contributed by atoms with Crippen molar-refractivity contribution in [3.63, 3.8) is 0 Å².